The summed E-state index contributed by atoms with van der Waals surface area (Å²) in [5.74, 6) is -0.524. The third-order valence-electron chi connectivity index (χ3n) is 4.91. The van der Waals surface area contributed by atoms with Gasteiger partial charge < -0.3 is 5.41 Å². The number of nitrogens with zero attached hydrogens (tertiary/aromatic N) is 1. The molecule has 5 nitrogen and oxygen atoms in total. The molecule has 1 aliphatic heterocycles. The maximum absolute atomic E-state index is 12.3. The smallest absolute Gasteiger partial charge is 0.243 e. The highest BCUT2D eigenvalue weighted by Gasteiger charge is 2.39. The van der Waals surface area contributed by atoms with Gasteiger partial charge in [0.05, 0.1) is 12.5 Å². The summed E-state index contributed by atoms with van der Waals surface area (Å²) in [7, 11) is 0. The normalized spacial score (nSPS) is 23.7. The van der Waals surface area contributed by atoms with Crippen LogP contribution in [0.4, 0.5) is 0 Å². The number of nitrogens with one attached hydrogen (secondary N) is 2. The van der Waals surface area contributed by atoms with E-state index in [0.717, 1.165) is 13.0 Å². The lowest BCUT2D eigenvalue weighted by atomic mass is 9.87. The van der Waals surface area contributed by atoms with Crippen LogP contribution in [-0.4, -0.2) is 41.1 Å². The van der Waals surface area contributed by atoms with Gasteiger partial charge in [-0.2, -0.15) is 0 Å². The molecule has 1 atom stereocenters. The molecule has 5 heteroatoms. The van der Waals surface area contributed by atoms with Crippen molar-refractivity contribution in [1.82, 2.24) is 10.2 Å². The molecule has 1 heterocycles. The SMILES string of the molecule is CC(C)(C)C(=N)CC(=O)NC(=O)C1CCN1C1CCCCC1. The predicted molar refractivity (Wildman–Crippen MR) is 86.9 cm³/mol. The summed E-state index contributed by atoms with van der Waals surface area (Å²) in [5.41, 5.74) is 0.0286. The van der Waals surface area contributed by atoms with Crippen molar-refractivity contribution >= 4 is 17.5 Å². The van der Waals surface area contributed by atoms with Gasteiger partial charge in [-0.15, -0.1) is 0 Å². The molecule has 1 unspecified atom stereocenters. The highest BCUT2D eigenvalue weighted by molar-refractivity contribution is 6.07. The van der Waals surface area contributed by atoms with Crippen LogP contribution in [0.1, 0.15) is 65.7 Å². The van der Waals surface area contributed by atoms with E-state index in [9.17, 15) is 9.59 Å². The fourth-order valence-corrected chi connectivity index (χ4v) is 3.23. The van der Waals surface area contributed by atoms with E-state index in [-0.39, 0.29) is 29.7 Å². The van der Waals surface area contributed by atoms with Crippen molar-refractivity contribution in [2.45, 2.75) is 77.8 Å². The van der Waals surface area contributed by atoms with Gasteiger partial charge in [-0.1, -0.05) is 40.0 Å². The third kappa shape index (κ3) is 4.15. The van der Waals surface area contributed by atoms with Crippen molar-refractivity contribution in [3.63, 3.8) is 0 Å². The van der Waals surface area contributed by atoms with E-state index < -0.39 is 0 Å². The Morgan fingerprint density at radius 3 is 2.27 bits per heavy atom. The Kier molecular flexibility index (Phi) is 5.37. The molecule has 0 aromatic rings. The summed E-state index contributed by atoms with van der Waals surface area (Å²) in [5, 5.41) is 10.4. The molecule has 0 aromatic heterocycles. The molecule has 22 heavy (non-hydrogen) atoms. The first kappa shape index (κ1) is 17.1. The molecule has 0 aromatic carbocycles. The molecular weight excluding hydrogens is 278 g/mol. The quantitative estimate of drug-likeness (QED) is 0.784. The second kappa shape index (κ2) is 6.90. The molecule has 2 N–H and O–H groups in total. The summed E-state index contributed by atoms with van der Waals surface area (Å²) in [4.78, 5) is 26.5. The summed E-state index contributed by atoms with van der Waals surface area (Å²) in [6.45, 7) is 6.68. The minimum Gasteiger partial charge on any atom is -0.309 e. The first-order chi connectivity index (χ1) is 10.3. The van der Waals surface area contributed by atoms with Crippen LogP contribution in [0.25, 0.3) is 0 Å². The van der Waals surface area contributed by atoms with E-state index in [0.29, 0.717) is 11.8 Å². The van der Waals surface area contributed by atoms with E-state index >= 15 is 0 Å². The number of rotatable bonds is 4. The monoisotopic (exact) mass is 307 g/mol. The van der Waals surface area contributed by atoms with Crippen molar-refractivity contribution in [3.05, 3.63) is 0 Å². The van der Waals surface area contributed by atoms with Crippen LogP contribution in [0, 0.1) is 10.8 Å². The van der Waals surface area contributed by atoms with Crippen molar-refractivity contribution in [2.24, 2.45) is 5.41 Å². The van der Waals surface area contributed by atoms with Crippen LogP contribution in [0.15, 0.2) is 0 Å². The van der Waals surface area contributed by atoms with Gasteiger partial charge in [-0.3, -0.25) is 19.8 Å². The van der Waals surface area contributed by atoms with Gasteiger partial charge in [0.2, 0.25) is 11.8 Å². The van der Waals surface area contributed by atoms with Gasteiger partial charge in [0, 0.05) is 23.7 Å². The van der Waals surface area contributed by atoms with Gasteiger partial charge in [-0.05, 0) is 19.3 Å². The van der Waals surface area contributed by atoms with Crippen LogP contribution in [-0.2, 0) is 9.59 Å². The zero-order valence-electron chi connectivity index (χ0n) is 14.1. The second-order valence-electron chi connectivity index (χ2n) is 7.65. The minimum absolute atomic E-state index is 0.00535. The van der Waals surface area contributed by atoms with Crippen LogP contribution < -0.4 is 5.32 Å². The minimum atomic E-state index is -0.347. The van der Waals surface area contributed by atoms with Crippen LogP contribution >= 0.6 is 0 Å². The fraction of sp³-hybridized carbons (Fsp3) is 0.824. The first-order valence-electron chi connectivity index (χ1n) is 8.46. The number of hydrogen-bond acceptors (Lipinski definition) is 4. The Morgan fingerprint density at radius 2 is 1.77 bits per heavy atom. The van der Waals surface area contributed by atoms with E-state index in [1.807, 2.05) is 20.8 Å². The second-order valence-corrected chi connectivity index (χ2v) is 7.65. The lowest BCUT2D eigenvalue weighted by molar-refractivity contribution is -0.138. The van der Waals surface area contributed by atoms with Crippen LogP contribution in [0.3, 0.4) is 0 Å². The topological polar surface area (TPSA) is 73.3 Å². The third-order valence-corrected chi connectivity index (χ3v) is 4.91. The Balaban J connectivity index is 1.81. The highest BCUT2D eigenvalue weighted by atomic mass is 16.2. The zero-order chi connectivity index (χ0) is 16.3. The van der Waals surface area contributed by atoms with Gasteiger partial charge in [0.25, 0.3) is 0 Å². The van der Waals surface area contributed by atoms with Gasteiger partial charge in [0.15, 0.2) is 0 Å². The molecule has 1 aliphatic carbocycles. The van der Waals surface area contributed by atoms with Gasteiger partial charge in [0.1, 0.15) is 0 Å². The Bertz CT molecular complexity index is 447. The molecule has 1 saturated heterocycles. The fourth-order valence-electron chi connectivity index (χ4n) is 3.23. The average Bonchev–Trinajstić information content (AvgIpc) is 2.37. The van der Waals surface area contributed by atoms with Crippen molar-refractivity contribution in [3.8, 4) is 0 Å². The Morgan fingerprint density at radius 1 is 1.14 bits per heavy atom. The summed E-state index contributed by atoms with van der Waals surface area (Å²) in [6, 6.07) is 0.372. The molecule has 0 bridgehead atoms. The van der Waals surface area contributed by atoms with Crippen molar-refractivity contribution in [1.29, 1.82) is 5.41 Å². The largest absolute Gasteiger partial charge is 0.309 e. The molecule has 1 saturated carbocycles. The molecule has 2 fully saturated rings. The van der Waals surface area contributed by atoms with Crippen LogP contribution in [0.2, 0.25) is 0 Å². The van der Waals surface area contributed by atoms with E-state index in [1.165, 1.54) is 32.1 Å². The standard InChI is InChI=1S/C17H29N3O2/c1-17(2,3)14(18)11-15(21)19-16(22)13-9-10-20(13)12-7-5-4-6-8-12/h12-13,18H,4-11H2,1-3H3,(H,19,21,22). The van der Waals surface area contributed by atoms with E-state index in [4.69, 9.17) is 5.41 Å². The molecule has 0 spiro atoms. The Labute approximate surface area is 133 Å². The predicted octanol–water partition coefficient (Wildman–Crippen LogP) is 2.49. The van der Waals surface area contributed by atoms with Crippen LogP contribution in [0.5, 0.6) is 0 Å². The van der Waals surface area contributed by atoms with Gasteiger partial charge in [-0.25, -0.2) is 0 Å². The van der Waals surface area contributed by atoms with Gasteiger partial charge >= 0.3 is 0 Å². The number of likely N-dealkylation sites (tertiary alicyclic amines) is 1. The van der Waals surface area contributed by atoms with E-state index in [1.54, 1.807) is 0 Å². The lowest BCUT2D eigenvalue weighted by Gasteiger charge is -2.46. The molecule has 124 valence electrons. The Hall–Kier alpha value is -1.23. The highest BCUT2D eigenvalue weighted by Crippen LogP contribution is 2.30. The molecular formula is C17H29N3O2. The maximum atomic E-state index is 12.3. The molecule has 2 aliphatic rings. The molecule has 0 radical (unpaired) electrons. The number of amides is 2. The maximum Gasteiger partial charge on any atom is 0.243 e. The molecule has 2 rings (SSSR count). The number of hydrogen-bond donors (Lipinski definition) is 2. The van der Waals surface area contributed by atoms with Crippen molar-refractivity contribution < 1.29 is 9.59 Å². The first-order valence-corrected chi connectivity index (χ1v) is 8.46. The van der Waals surface area contributed by atoms with E-state index in [2.05, 4.69) is 10.2 Å². The number of imide groups is 1. The number of carbonyl (C=O) groups excluding carboxylic acids is 2. The summed E-state index contributed by atoms with van der Waals surface area (Å²) >= 11 is 0. The zero-order valence-corrected chi connectivity index (χ0v) is 14.1. The lowest BCUT2D eigenvalue weighted by Crippen LogP contribution is -2.60. The molecule has 2 amide bonds. The summed E-state index contributed by atoms with van der Waals surface area (Å²) in [6.07, 6.45) is 6.99. The average molecular weight is 307 g/mol. The van der Waals surface area contributed by atoms with Crippen molar-refractivity contribution in [2.75, 3.05) is 6.54 Å². The summed E-state index contributed by atoms with van der Waals surface area (Å²) < 4.78 is 0. The number of carbonyl (C=O) groups is 2.